The maximum atomic E-state index is 14.5. The van der Waals surface area contributed by atoms with E-state index in [-0.39, 0.29) is 41.1 Å². The molecule has 1 atom stereocenters. The van der Waals surface area contributed by atoms with E-state index in [1.54, 1.807) is 33.8 Å². The predicted octanol–water partition coefficient (Wildman–Crippen LogP) is 5.14. The Kier molecular flexibility index (Phi) is 10.7. The van der Waals surface area contributed by atoms with Crippen molar-refractivity contribution >= 4 is 23.4 Å². The molecule has 0 bridgehead atoms. The molecule has 5 rings (SSSR count). The van der Waals surface area contributed by atoms with Crippen LogP contribution in [0, 0.1) is 6.92 Å². The number of nitrogens with one attached hydrogen (secondary N) is 1. The van der Waals surface area contributed by atoms with E-state index in [0.29, 0.717) is 43.1 Å². The SMILES string of the molecule is CCCCN(CCCC)C(=O)c1cc(C)n(-c2ccc(NC(=O)c3ncccc3O)cc2C(=O)N2Cc3ccccc3C[C@H]2CO)n1. The quantitative estimate of drug-likeness (QED) is 0.195. The molecule has 11 heteroatoms. The van der Waals surface area contributed by atoms with E-state index < -0.39 is 11.9 Å². The number of fused-ring (bicyclic) bond motifs is 1. The highest BCUT2D eigenvalue weighted by Gasteiger charge is 2.32. The van der Waals surface area contributed by atoms with Crippen LogP contribution in [0.1, 0.15) is 87.7 Å². The summed E-state index contributed by atoms with van der Waals surface area (Å²) in [6, 6.07) is 16.9. The minimum absolute atomic E-state index is 0.154. The van der Waals surface area contributed by atoms with Gasteiger partial charge in [-0.15, -0.1) is 0 Å². The molecule has 0 saturated heterocycles. The average molecular weight is 639 g/mol. The van der Waals surface area contributed by atoms with E-state index in [4.69, 9.17) is 5.10 Å². The molecule has 11 nitrogen and oxygen atoms in total. The standard InChI is InChI=1S/C36H42N6O5/c1-4-6-17-40(18-7-5-2)36(47)30-19-24(3)42(39-30)31-15-14-27(38-34(45)33-32(44)13-10-16-37-33)21-29(31)35(46)41-22-26-12-9-8-11-25(26)20-28(41)23-43/h8-16,19,21,28,43-44H,4-7,17-18,20,22-23H2,1-3H3,(H,38,45)/t28-/m0/s1. The molecule has 3 amide bonds. The summed E-state index contributed by atoms with van der Waals surface area (Å²) in [7, 11) is 0. The van der Waals surface area contributed by atoms with E-state index in [9.17, 15) is 24.6 Å². The van der Waals surface area contributed by atoms with Gasteiger partial charge >= 0.3 is 0 Å². The van der Waals surface area contributed by atoms with Crippen LogP contribution in [-0.4, -0.2) is 78.2 Å². The zero-order valence-corrected chi connectivity index (χ0v) is 27.1. The Morgan fingerprint density at radius 3 is 2.38 bits per heavy atom. The second-order valence-electron chi connectivity index (χ2n) is 11.9. The van der Waals surface area contributed by atoms with Gasteiger partial charge in [0.1, 0.15) is 5.75 Å². The van der Waals surface area contributed by atoms with Gasteiger partial charge < -0.3 is 25.3 Å². The van der Waals surface area contributed by atoms with Crippen LogP contribution < -0.4 is 5.32 Å². The van der Waals surface area contributed by atoms with Gasteiger partial charge in [0.05, 0.1) is 23.9 Å². The number of hydrogen-bond acceptors (Lipinski definition) is 7. The van der Waals surface area contributed by atoms with E-state index in [1.165, 1.54) is 18.3 Å². The van der Waals surface area contributed by atoms with Crippen LogP contribution in [0.2, 0.25) is 0 Å². The van der Waals surface area contributed by atoms with Crippen molar-refractivity contribution in [2.75, 3.05) is 25.0 Å². The van der Waals surface area contributed by atoms with Crippen molar-refractivity contribution in [3.8, 4) is 11.4 Å². The van der Waals surface area contributed by atoms with E-state index in [1.807, 2.05) is 36.1 Å². The molecule has 4 aromatic rings. The van der Waals surface area contributed by atoms with Gasteiger partial charge in [-0.05, 0) is 73.7 Å². The Hall–Kier alpha value is -5.03. The number of benzene rings is 2. The highest BCUT2D eigenvalue weighted by atomic mass is 16.3. The van der Waals surface area contributed by atoms with Crippen LogP contribution >= 0.6 is 0 Å². The van der Waals surface area contributed by atoms with Crippen LogP contribution in [0.15, 0.2) is 66.9 Å². The number of carbonyl (C=O) groups is 3. The van der Waals surface area contributed by atoms with E-state index in [0.717, 1.165) is 36.8 Å². The van der Waals surface area contributed by atoms with Gasteiger partial charge in [0, 0.05) is 37.2 Å². The minimum Gasteiger partial charge on any atom is -0.505 e. The minimum atomic E-state index is -0.642. The monoisotopic (exact) mass is 638 g/mol. The van der Waals surface area contributed by atoms with Crippen LogP contribution in [0.4, 0.5) is 5.69 Å². The first-order valence-corrected chi connectivity index (χ1v) is 16.2. The summed E-state index contributed by atoms with van der Waals surface area (Å²) in [6.45, 7) is 7.36. The van der Waals surface area contributed by atoms with Gasteiger partial charge in [0.25, 0.3) is 17.7 Å². The normalized spacial score (nSPS) is 14.0. The van der Waals surface area contributed by atoms with E-state index >= 15 is 0 Å². The summed E-state index contributed by atoms with van der Waals surface area (Å²) in [5, 5.41) is 27.9. The first-order valence-electron chi connectivity index (χ1n) is 16.2. The van der Waals surface area contributed by atoms with Gasteiger partial charge in [-0.25, -0.2) is 9.67 Å². The highest BCUT2D eigenvalue weighted by Crippen LogP contribution is 2.29. The fourth-order valence-corrected chi connectivity index (χ4v) is 5.87. The van der Waals surface area contributed by atoms with Gasteiger partial charge in [-0.2, -0.15) is 5.10 Å². The van der Waals surface area contributed by atoms with Crippen molar-refractivity contribution in [2.45, 2.75) is 65.5 Å². The van der Waals surface area contributed by atoms with Crippen LogP contribution in [0.5, 0.6) is 5.75 Å². The van der Waals surface area contributed by atoms with Crippen molar-refractivity contribution in [1.82, 2.24) is 24.6 Å². The van der Waals surface area contributed by atoms with Crippen LogP contribution in [0.3, 0.4) is 0 Å². The number of aromatic hydroxyl groups is 1. The molecule has 0 saturated carbocycles. The fraction of sp³-hybridized carbons (Fsp3) is 0.361. The molecule has 0 fully saturated rings. The molecule has 1 aliphatic rings. The van der Waals surface area contributed by atoms with Gasteiger partial charge in [0.2, 0.25) is 0 Å². The lowest BCUT2D eigenvalue weighted by Gasteiger charge is -2.36. The molecule has 1 aliphatic heterocycles. The lowest BCUT2D eigenvalue weighted by atomic mass is 9.93. The molecule has 0 spiro atoms. The Balaban J connectivity index is 1.55. The molecule has 0 unspecified atom stereocenters. The maximum absolute atomic E-state index is 14.5. The molecule has 246 valence electrons. The smallest absolute Gasteiger partial charge is 0.278 e. The molecule has 2 aromatic heterocycles. The van der Waals surface area contributed by atoms with Gasteiger partial charge in [0.15, 0.2) is 11.4 Å². The largest absolute Gasteiger partial charge is 0.505 e. The summed E-state index contributed by atoms with van der Waals surface area (Å²) in [5.74, 6) is -1.43. The Morgan fingerprint density at radius 1 is 0.979 bits per heavy atom. The number of pyridine rings is 1. The van der Waals surface area contributed by atoms with Crippen LogP contribution in [-0.2, 0) is 13.0 Å². The number of amides is 3. The number of anilines is 1. The topological polar surface area (TPSA) is 141 Å². The number of rotatable bonds is 12. The molecule has 3 N–H and O–H groups in total. The molecule has 47 heavy (non-hydrogen) atoms. The van der Waals surface area contributed by atoms with Crippen LogP contribution in [0.25, 0.3) is 5.69 Å². The number of nitrogens with zero attached hydrogens (tertiary/aromatic N) is 5. The summed E-state index contributed by atoms with van der Waals surface area (Å²) in [5.41, 5.74) is 3.82. The summed E-state index contributed by atoms with van der Waals surface area (Å²) < 4.78 is 1.58. The lowest BCUT2D eigenvalue weighted by molar-refractivity contribution is 0.0544. The number of carbonyl (C=O) groups excluding carboxylic acids is 3. The summed E-state index contributed by atoms with van der Waals surface area (Å²) in [6.07, 6.45) is 5.61. The number of aryl methyl sites for hydroxylation is 1. The molecule has 2 aromatic carbocycles. The summed E-state index contributed by atoms with van der Waals surface area (Å²) in [4.78, 5) is 48.6. The van der Waals surface area contributed by atoms with Crippen molar-refractivity contribution in [3.05, 3.63) is 101 Å². The third-order valence-electron chi connectivity index (χ3n) is 8.50. The molecule has 0 aliphatic carbocycles. The Morgan fingerprint density at radius 2 is 1.70 bits per heavy atom. The fourth-order valence-electron chi connectivity index (χ4n) is 5.87. The second-order valence-corrected chi connectivity index (χ2v) is 11.9. The molecular weight excluding hydrogens is 596 g/mol. The highest BCUT2D eigenvalue weighted by molar-refractivity contribution is 6.06. The Bertz CT molecular complexity index is 1740. The lowest BCUT2D eigenvalue weighted by Crippen LogP contribution is -2.46. The van der Waals surface area contributed by atoms with Crippen molar-refractivity contribution < 1.29 is 24.6 Å². The summed E-state index contributed by atoms with van der Waals surface area (Å²) >= 11 is 0. The predicted molar refractivity (Wildman–Crippen MR) is 179 cm³/mol. The molecule has 0 radical (unpaired) electrons. The van der Waals surface area contributed by atoms with Crippen molar-refractivity contribution in [3.63, 3.8) is 0 Å². The number of aliphatic hydroxyl groups excluding tert-OH is 1. The zero-order chi connectivity index (χ0) is 33.5. The number of hydrogen-bond donors (Lipinski definition) is 3. The Labute approximate surface area is 274 Å². The number of aromatic nitrogens is 3. The third kappa shape index (κ3) is 7.36. The first-order chi connectivity index (χ1) is 22.7. The second kappa shape index (κ2) is 15.0. The van der Waals surface area contributed by atoms with Crippen molar-refractivity contribution in [1.29, 1.82) is 0 Å². The molecular formula is C36H42N6O5. The van der Waals surface area contributed by atoms with E-state index in [2.05, 4.69) is 24.1 Å². The van der Waals surface area contributed by atoms with Crippen molar-refractivity contribution in [2.24, 2.45) is 0 Å². The number of unbranched alkanes of at least 4 members (excludes halogenated alkanes) is 2. The van der Waals surface area contributed by atoms with Gasteiger partial charge in [-0.3, -0.25) is 14.4 Å². The molecule has 3 heterocycles. The maximum Gasteiger partial charge on any atom is 0.278 e. The number of aliphatic hydroxyl groups is 1. The first kappa shape index (κ1) is 33.3. The van der Waals surface area contributed by atoms with Gasteiger partial charge in [-0.1, -0.05) is 51.0 Å². The average Bonchev–Trinajstić information content (AvgIpc) is 3.48. The zero-order valence-electron chi connectivity index (χ0n) is 27.1. The third-order valence-corrected chi connectivity index (χ3v) is 8.50.